The number of allylic oxidation sites excluding steroid dienone is 14. The second-order valence-electron chi connectivity index (χ2n) is 12.7. The summed E-state index contributed by atoms with van der Waals surface area (Å²) in [5.74, 6) is 1.85. The van der Waals surface area contributed by atoms with E-state index in [1.165, 1.54) is 62.1 Å². The lowest BCUT2D eigenvalue weighted by Crippen LogP contribution is -2.13. The van der Waals surface area contributed by atoms with E-state index in [1.54, 1.807) is 11.1 Å². The lowest BCUT2D eigenvalue weighted by Gasteiger charge is -2.29. The number of aryl methyl sites for hydroxylation is 1. The first kappa shape index (κ1) is 25.5. The predicted octanol–water partition coefficient (Wildman–Crippen LogP) is 10.7. The van der Waals surface area contributed by atoms with Gasteiger partial charge in [0.2, 0.25) is 0 Å². The van der Waals surface area contributed by atoms with Crippen molar-refractivity contribution in [2.75, 3.05) is 0 Å². The van der Waals surface area contributed by atoms with Gasteiger partial charge in [-0.3, -0.25) is 0 Å². The Morgan fingerprint density at radius 3 is 2.45 bits per heavy atom. The van der Waals surface area contributed by atoms with Gasteiger partial charge in [0.15, 0.2) is 0 Å². The fourth-order valence-electron chi connectivity index (χ4n) is 7.95. The number of hydrogen-bond acceptors (Lipinski definition) is 0. The largest absolute Gasteiger partial charge is 0.0807 e. The molecule has 0 aromatic heterocycles. The quantitative estimate of drug-likeness (QED) is 0.301. The van der Waals surface area contributed by atoms with Gasteiger partial charge in [0, 0.05) is 5.92 Å². The number of benzene rings is 3. The zero-order chi connectivity index (χ0) is 28.0. The minimum absolute atomic E-state index is 0.432. The molecule has 5 aliphatic carbocycles. The third-order valence-corrected chi connectivity index (χ3v) is 10.2. The number of rotatable bonds is 5. The van der Waals surface area contributed by atoms with Gasteiger partial charge in [-0.25, -0.2) is 0 Å². The molecule has 0 heteroatoms. The molecular weight excluding hydrogens is 504 g/mol. The van der Waals surface area contributed by atoms with Crippen LogP contribution in [0.2, 0.25) is 0 Å². The van der Waals surface area contributed by atoms with Gasteiger partial charge < -0.3 is 0 Å². The Balaban J connectivity index is 1.05. The minimum atomic E-state index is 0.432. The molecule has 3 unspecified atom stereocenters. The molecule has 0 N–H and O–H groups in total. The van der Waals surface area contributed by atoms with Crippen LogP contribution < -0.4 is 0 Å². The standard InChI is InChI=1S/C42H38/c1-28-12-3-2-4-17-34(28)35-18-7-5-13-29(35)22-23-33-24-30-15-11-16-32(26-40(30)42-27-41(33)42)39-25-31-14-6-8-19-36(31)37-20-9-10-21-38(37)39/h2-3,5-10,12-21,24,26,39,41-42H,4,11,22-23,25,27H2,1H3. The molecule has 0 aliphatic heterocycles. The van der Waals surface area contributed by atoms with E-state index in [9.17, 15) is 0 Å². The Hall–Kier alpha value is -4.16. The van der Waals surface area contributed by atoms with Gasteiger partial charge >= 0.3 is 0 Å². The predicted molar refractivity (Wildman–Crippen MR) is 177 cm³/mol. The molecule has 206 valence electrons. The van der Waals surface area contributed by atoms with Gasteiger partial charge in [-0.2, -0.15) is 0 Å². The highest BCUT2D eigenvalue weighted by molar-refractivity contribution is 5.81. The molecule has 0 amide bonds. The number of hydrogen-bond donors (Lipinski definition) is 0. The topological polar surface area (TPSA) is 0 Å². The van der Waals surface area contributed by atoms with Gasteiger partial charge in [-0.15, -0.1) is 0 Å². The maximum Gasteiger partial charge on any atom is 0.0133 e. The Morgan fingerprint density at radius 2 is 1.52 bits per heavy atom. The molecule has 0 saturated heterocycles. The van der Waals surface area contributed by atoms with Gasteiger partial charge in [0.1, 0.15) is 0 Å². The Labute approximate surface area is 250 Å². The molecule has 0 bridgehead atoms. The van der Waals surface area contributed by atoms with Crippen LogP contribution in [0.15, 0.2) is 149 Å². The SMILES string of the molecule is CC1=CC=CCC=C1c1ccccc1CCC1=CC2=CCC=C(C3Cc4ccccc4-c4ccccc43)C=C2C2CC12. The molecule has 3 aromatic carbocycles. The molecule has 1 saturated carbocycles. The van der Waals surface area contributed by atoms with Gasteiger partial charge in [0.25, 0.3) is 0 Å². The van der Waals surface area contributed by atoms with Crippen LogP contribution in [0, 0.1) is 11.8 Å². The summed E-state index contributed by atoms with van der Waals surface area (Å²) in [6.45, 7) is 2.25. The normalized spacial score (nSPS) is 23.7. The Kier molecular flexibility index (Phi) is 6.44. The number of fused-ring (bicyclic) bond motifs is 6. The van der Waals surface area contributed by atoms with Crippen LogP contribution in [0.4, 0.5) is 0 Å². The first-order valence-corrected chi connectivity index (χ1v) is 15.9. The first-order valence-electron chi connectivity index (χ1n) is 15.9. The fraction of sp³-hybridized carbons (Fsp3) is 0.238. The molecule has 3 atom stereocenters. The summed E-state index contributed by atoms with van der Waals surface area (Å²) in [6.07, 6.45) is 26.0. The maximum atomic E-state index is 2.60. The van der Waals surface area contributed by atoms with Gasteiger partial charge in [-0.1, -0.05) is 127 Å². The summed E-state index contributed by atoms with van der Waals surface area (Å²) in [4.78, 5) is 0. The zero-order valence-corrected chi connectivity index (χ0v) is 24.5. The van der Waals surface area contributed by atoms with E-state index in [-0.39, 0.29) is 0 Å². The summed E-state index contributed by atoms with van der Waals surface area (Å²) < 4.78 is 0. The van der Waals surface area contributed by atoms with Crippen LogP contribution in [0.3, 0.4) is 0 Å². The highest BCUT2D eigenvalue weighted by atomic mass is 14.5. The second-order valence-corrected chi connectivity index (χ2v) is 12.7. The van der Waals surface area contributed by atoms with Crippen molar-refractivity contribution in [1.29, 1.82) is 0 Å². The smallest absolute Gasteiger partial charge is 0.0133 e. The molecule has 0 spiro atoms. The molecule has 1 fully saturated rings. The van der Waals surface area contributed by atoms with E-state index in [2.05, 4.69) is 128 Å². The van der Waals surface area contributed by atoms with E-state index in [4.69, 9.17) is 0 Å². The summed E-state index contributed by atoms with van der Waals surface area (Å²) in [5.41, 5.74) is 17.7. The van der Waals surface area contributed by atoms with Gasteiger partial charge in [0.05, 0.1) is 0 Å². The average molecular weight is 543 g/mol. The molecule has 0 nitrogen and oxygen atoms in total. The molecule has 5 aliphatic rings. The van der Waals surface area contributed by atoms with E-state index in [0.29, 0.717) is 11.8 Å². The Morgan fingerprint density at radius 1 is 0.714 bits per heavy atom. The molecule has 42 heavy (non-hydrogen) atoms. The van der Waals surface area contributed by atoms with Crippen molar-refractivity contribution in [1.82, 2.24) is 0 Å². The molecular formula is C42H38. The first-order chi connectivity index (χ1) is 20.7. The molecule has 0 heterocycles. The minimum Gasteiger partial charge on any atom is -0.0807 e. The van der Waals surface area contributed by atoms with E-state index >= 15 is 0 Å². The van der Waals surface area contributed by atoms with Crippen molar-refractivity contribution in [2.45, 2.75) is 51.4 Å². The van der Waals surface area contributed by atoms with Crippen LogP contribution in [-0.4, -0.2) is 0 Å². The van der Waals surface area contributed by atoms with Crippen LogP contribution in [0.1, 0.15) is 60.8 Å². The average Bonchev–Trinajstić information content (AvgIpc) is 3.87. The lowest BCUT2D eigenvalue weighted by molar-refractivity contribution is 0.771. The second kappa shape index (κ2) is 10.6. The molecule has 0 radical (unpaired) electrons. The third-order valence-electron chi connectivity index (χ3n) is 10.2. The summed E-state index contributed by atoms with van der Waals surface area (Å²) >= 11 is 0. The zero-order valence-electron chi connectivity index (χ0n) is 24.5. The lowest BCUT2D eigenvalue weighted by atomic mass is 9.74. The highest BCUT2D eigenvalue weighted by Crippen LogP contribution is 2.57. The van der Waals surface area contributed by atoms with Crippen molar-refractivity contribution in [3.05, 3.63) is 172 Å². The van der Waals surface area contributed by atoms with Crippen molar-refractivity contribution >= 4 is 5.57 Å². The van der Waals surface area contributed by atoms with E-state index in [0.717, 1.165) is 38.0 Å². The maximum absolute atomic E-state index is 2.60. The van der Waals surface area contributed by atoms with Crippen molar-refractivity contribution in [2.24, 2.45) is 11.8 Å². The fourth-order valence-corrected chi connectivity index (χ4v) is 7.95. The molecule has 8 rings (SSSR count). The van der Waals surface area contributed by atoms with Crippen molar-refractivity contribution < 1.29 is 0 Å². The van der Waals surface area contributed by atoms with Crippen LogP contribution >= 0.6 is 0 Å². The highest BCUT2D eigenvalue weighted by Gasteiger charge is 2.46. The van der Waals surface area contributed by atoms with E-state index in [1.807, 2.05) is 0 Å². The summed E-state index contributed by atoms with van der Waals surface area (Å²) in [7, 11) is 0. The Bertz CT molecular complexity index is 1790. The van der Waals surface area contributed by atoms with Crippen molar-refractivity contribution in [3.63, 3.8) is 0 Å². The van der Waals surface area contributed by atoms with Gasteiger partial charge in [-0.05, 0) is 119 Å². The third kappa shape index (κ3) is 4.54. The van der Waals surface area contributed by atoms with Crippen molar-refractivity contribution in [3.8, 4) is 11.1 Å². The summed E-state index contributed by atoms with van der Waals surface area (Å²) in [6, 6.07) is 27.2. The monoisotopic (exact) mass is 542 g/mol. The summed E-state index contributed by atoms with van der Waals surface area (Å²) in [5, 5.41) is 0. The van der Waals surface area contributed by atoms with Crippen LogP contribution in [0.5, 0.6) is 0 Å². The van der Waals surface area contributed by atoms with E-state index < -0.39 is 0 Å². The van der Waals surface area contributed by atoms with Crippen LogP contribution in [-0.2, 0) is 12.8 Å². The molecule has 3 aromatic rings. The van der Waals surface area contributed by atoms with Crippen LogP contribution in [0.25, 0.3) is 16.7 Å².